The molecule has 1 saturated carbocycles. The molecule has 0 amide bonds. The normalized spacial score (nSPS) is 21.9. The molecular formula is C9H21N3O2S. The molecule has 0 atom stereocenters. The van der Waals surface area contributed by atoms with Gasteiger partial charge in [-0.2, -0.15) is 12.7 Å². The first-order valence-corrected chi connectivity index (χ1v) is 6.76. The smallest absolute Gasteiger partial charge is 0.278 e. The summed E-state index contributed by atoms with van der Waals surface area (Å²) in [6, 6.07) is 0. The van der Waals surface area contributed by atoms with Crippen molar-refractivity contribution in [1.82, 2.24) is 9.03 Å². The lowest BCUT2D eigenvalue weighted by Gasteiger charge is -2.33. The molecule has 0 aliphatic heterocycles. The largest absolute Gasteiger partial charge is 0.324 e. The standard InChI is InChI=1S/C9H21N3O2S/c1-12(2)15(13,14)11-8-9(10)6-4-3-5-7-9/h11H,3-8,10H2,1-2H3. The molecule has 1 aliphatic carbocycles. The van der Waals surface area contributed by atoms with Gasteiger partial charge in [-0.15, -0.1) is 0 Å². The van der Waals surface area contributed by atoms with Gasteiger partial charge in [0.25, 0.3) is 10.2 Å². The summed E-state index contributed by atoms with van der Waals surface area (Å²) >= 11 is 0. The fourth-order valence-corrected chi connectivity index (χ4v) is 2.52. The van der Waals surface area contributed by atoms with Crippen LogP contribution in [0, 0.1) is 0 Å². The van der Waals surface area contributed by atoms with Crippen molar-refractivity contribution in [2.45, 2.75) is 37.6 Å². The van der Waals surface area contributed by atoms with Crippen molar-refractivity contribution in [3.8, 4) is 0 Å². The van der Waals surface area contributed by atoms with E-state index in [9.17, 15) is 8.42 Å². The quantitative estimate of drug-likeness (QED) is 0.722. The molecule has 1 aliphatic rings. The Labute approximate surface area is 92.2 Å². The molecule has 0 spiro atoms. The molecule has 0 saturated heterocycles. The molecule has 6 heteroatoms. The molecule has 0 aromatic carbocycles. The fourth-order valence-electron chi connectivity index (χ4n) is 1.80. The van der Waals surface area contributed by atoms with E-state index >= 15 is 0 Å². The third-order valence-electron chi connectivity index (χ3n) is 2.94. The van der Waals surface area contributed by atoms with Crippen LogP contribution in [0.5, 0.6) is 0 Å². The van der Waals surface area contributed by atoms with Crippen LogP contribution in [0.1, 0.15) is 32.1 Å². The Bertz CT molecular complexity index is 294. The van der Waals surface area contributed by atoms with Crippen molar-refractivity contribution >= 4 is 10.2 Å². The van der Waals surface area contributed by atoms with E-state index in [0.717, 1.165) is 25.7 Å². The van der Waals surface area contributed by atoms with E-state index in [1.54, 1.807) is 0 Å². The lowest BCUT2D eigenvalue weighted by molar-refractivity contribution is 0.294. The molecule has 5 nitrogen and oxygen atoms in total. The van der Waals surface area contributed by atoms with Gasteiger partial charge in [-0.05, 0) is 12.8 Å². The van der Waals surface area contributed by atoms with Gasteiger partial charge in [-0.25, -0.2) is 4.72 Å². The molecule has 3 N–H and O–H groups in total. The molecule has 0 aromatic rings. The fraction of sp³-hybridized carbons (Fsp3) is 1.00. The SMILES string of the molecule is CN(C)S(=O)(=O)NCC1(N)CCCCC1. The van der Waals surface area contributed by atoms with E-state index in [2.05, 4.69) is 4.72 Å². The van der Waals surface area contributed by atoms with Gasteiger partial charge in [0.15, 0.2) is 0 Å². The Morgan fingerprint density at radius 1 is 1.27 bits per heavy atom. The second-order valence-corrected chi connectivity index (χ2v) is 6.50. The molecule has 0 heterocycles. The highest BCUT2D eigenvalue weighted by Crippen LogP contribution is 2.25. The Morgan fingerprint density at radius 2 is 1.80 bits per heavy atom. The summed E-state index contributed by atoms with van der Waals surface area (Å²) in [6.45, 7) is 0.341. The van der Waals surface area contributed by atoms with Crippen LogP contribution >= 0.6 is 0 Å². The molecule has 0 radical (unpaired) electrons. The zero-order chi connectivity index (χ0) is 11.5. The highest BCUT2D eigenvalue weighted by Gasteiger charge is 2.29. The number of nitrogens with two attached hydrogens (primary N) is 1. The average Bonchev–Trinajstić information content (AvgIpc) is 2.16. The van der Waals surface area contributed by atoms with Crippen molar-refractivity contribution in [2.24, 2.45) is 5.73 Å². The summed E-state index contributed by atoms with van der Waals surface area (Å²) in [6.07, 6.45) is 5.21. The van der Waals surface area contributed by atoms with Gasteiger partial charge in [-0.1, -0.05) is 19.3 Å². The predicted octanol–water partition coefficient (Wildman–Crippen LogP) is 0.0440. The van der Waals surface area contributed by atoms with Crippen LogP contribution in [-0.2, 0) is 10.2 Å². The second kappa shape index (κ2) is 4.78. The van der Waals surface area contributed by atoms with E-state index in [1.807, 2.05) is 0 Å². The molecule has 0 aromatic heterocycles. The van der Waals surface area contributed by atoms with Crippen molar-refractivity contribution in [3.05, 3.63) is 0 Å². The molecular weight excluding hydrogens is 214 g/mol. The average molecular weight is 235 g/mol. The summed E-state index contributed by atoms with van der Waals surface area (Å²) < 4.78 is 26.7. The highest BCUT2D eigenvalue weighted by atomic mass is 32.2. The van der Waals surface area contributed by atoms with Crippen LogP contribution in [0.15, 0.2) is 0 Å². The highest BCUT2D eigenvalue weighted by molar-refractivity contribution is 7.87. The van der Waals surface area contributed by atoms with Crippen LogP contribution in [0.4, 0.5) is 0 Å². The van der Waals surface area contributed by atoms with Crippen molar-refractivity contribution in [1.29, 1.82) is 0 Å². The second-order valence-electron chi connectivity index (χ2n) is 4.53. The Morgan fingerprint density at radius 3 is 2.27 bits per heavy atom. The molecule has 0 unspecified atom stereocenters. The van der Waals surface area contributed by atoms with Gasteiger partial charge in [0.05, 0.1) is 0 Å². The maximum absolute atomic E-state index is 11.5. The maximum atomic E-state index is 11.5. The van der Waals surface area contributed by atoms with Gasteiger partial charge in [0, 0.05) is 26.2 Å². The summed E-state index contributed by atoms with van der Waals surface area (Å²) in [7, 11) is -0.320. The minimum absolute atomic E-state index is 0.341. The zero-order valence-corrected chi connectivity index (χ0v) is 10.3. The minimum atomic E-state index is -3.33. The third kappa shape index (κ3) is 3.71. The summed E-state index contributed by atoms with van der Waals surface area (Å²) in [5.74, 6) is 0. The van der Waals surface area contributed by atoms with Gasteiger partial charge in [0.1, 0.15) is 0 Å². The van der Waals surface area contributed by atoms with Crippen LogP contribution in [0.2, 0.25) is 0 Å². The van der Waals surface area contributed by atoms with Gasteiger partial charge >= 0.3 is 0 Å². The van der Waals surface area contributed by atoms with Crippen molar-refractivity contribution in [2.75, 3.05) is 20.6 Å². The number of nitrogens with one attached hydrogen (secondary N) is 1. The van der Waals surface area contributed by atoms with Gasteiger partial charge in [0.2, 0.25) is 0 Å². The molecule has 90 valence electrons. The number of rotatable bonds is 4. The van der Waals surface area contributed by atoms with Crippen LogP contribution < -0.4 is 10.5 Å². The van der Waals surface area contributed by atoms with E-state index in [1.165, 1.54) is 24.8 Å². The molecule has 0 bridgehead atoms. The van der Waals surface area contributed by atoms with E-state index in [-0.39, 0.29) is 5.54 Å². The number of hydrogen-bond acceptors (Lipinski definition) is 3. The Hall–Kier alpha value is -0.170. The first-order valence-electron chi connectivity index (χ1n) is 5.32. The van der Waals surface area contributed by atoms with E-state index in [0.29, 0.717) is 6.54 Å². The van der Waals surface area contributed by atoms with Gasteiger partial charge in [-0.3, -0.25) is 0 Å². The first-order chi connectivity index (χ1) is 6.86. The van der Waals surface area contributed by atoms with E-state index in [4.69, 9.17) is 5.73 Å². The van der Waals surface area contributed by atoms with Crippen LogP contribution in [0.25, 0.3) is 0 Å². The minimum Gasteiger partial charge on any atom is -0.324 e. The lowest BCUT2D eigenvalue weighted by atomic mass is 9.83. The van der Waals surface area contributed by atoms with Crippen molar-refractivity contribution in [3.63, 3.8) is 0 Å². The lowest BCUT2D eigenvalue weighted by Crippen LogP contribution is -2.52. The Balaban J connectivity index is 2.48. The summed E-state index contributed by atoms with van der Waals surface area (Å²) in [4.78, 5) is 0. The van der Waals surface area contributed by atoms with E-state index < -0.39 is 10.2 Å². The third-order valence-corrected chi connectivity index (χ3v) is 4.41. The number of hydrogen-bond donors (Lipinski definition) is 2. The zero-order valence-electron chi connectivity index (χ0n) is 9.49. The summed E-state index contributed by atoms with van der Waals surface area (Å²) in [5.41, 5.74) is 5.78. The molecule has 15 heavy (non-hydrogen) atoms. The maximum Gasteiger partial charge on any atom is 0.278 e. The first kappa shape index (κ1) is 12.9. The topological polar surface area (TPSA) is 75.4 Å². The molecule has 1 fully saturated rings. The number of nitrogens with zero attached hydrogens (tertiary/aromatic N) is 1. The van der Waals surface area contributed by atoms with Crippen LogP contribution in [-0.4, -0.2) is 38.9 Å². The Kier molecular flexibility index (Phi) is 4.11. The van der Waals surface area contributed by atoms with Crippen LogP contribution in [0.3, 0.4) is 0 Å². The molecule has 1 rings (SSSR count). The monoisotopic (exact) mass is 235 g/mol. The predicted molar refractivity (Wildman–Crippen MR) is 60.6 cm³/mol. The summed E-state index contributed by atoms with van der Waals surface area (Å²) in [5, 5.41) is 0. The van der Waals surface area contributed by atoms with Crippen molar-refractivity contribution < 1.29 is 8.42 Å². The van der Waals surface area contributed by atoms with Gasteiger partial charge < -0.3 is 5.73 Å².